The van der Waals surface area contributed by atoms with Crippen molar-refractivity contribution in [3.63, 3.8) is 0 Å². The number of pyridine rings is 1. The highest BCUT2D eigenvalue weighted by atomic mass is 79.9. The second-order valence-corrected chi connectivity index (χ2v) is 5.38. The lowest BCUT2D eigenvalue weighted by molar-refractivity contribution is 0.254. The Balaban J connectivity index is 2.36. The zero-order chi connectivity index (χ0) is 13.1. The Morgan fingerprint density at radius 1 is 0.944 bits per heavy atom. The first-order valence-corrected chi connectivity index (χ1v) is 8.45. The summed E-state index contributed by atoms with van der Waals surface area (Å²) in [7, 11) is 0. The van der Waals surface area contributed by atoms with Crippen molar-refractivity contribution < 1.29 is 9.47 Å². The number of rotatable bonds is 10. The van der Waals surface area contributed by atoms with Crippen LogP contribution in [0.1, 0.15) is 25.7 Å². The molecule has 0 bridgehead atoms. The highest BCUT2D eigenvalue weighted by molar-refractivity contribution is 9.09. The zero-order valence-corrected chi connectivity index (χ0v) is 13.6. The maximum absolute atomic E-state index is 5.68. The van der Waals surface area contributed by atoms with Crippen LogP contribution in [-0.4, -0.2) is 28.9 Å². The molecule has 0 saturated carbocycles. The molecule has 18 heavy (non-hydrogen) atoms. The van der Waals surface area contributed by atoms with Crippen LogP contribution in [0.5, 0.6) is 11.6 Å². The zero-order valence-electron chi connectivity index (χ0n) is 10.4. The van der Waals surface area contributed by atoms with Crippen molar-refractivity contribution in [3.05, 3.63) is 18.3 Å². The molecule has 3 nitrogen and oxygen atoms in total. The fraction of sp³-hybridized carbons (Fsp3) is 0.615. The number of unbranched alkanes of at least 4 members (excludes halogenated alkanes) is 2. The van der Waals surface area contributed by atoms with Gasteiger partial charge in [0.15, 0.2) is 5.75 Å². The van der Waals surface area contributed by atoms with Crippen LogP contribution in [-0.2, 0) is 0 Å². The molecule has 5 heteroatoms. The molecular weight excluding hydrogens is 362 g/mol. The largest absolute Gasteiger partial charge is 0.488 e. The summed E-state index contributed by atoms with van der Waals surface area (Å²) < 4.78 is 11.3. The van der Waals surface area contributed by atoms with E-state index in [2.05, 4.69) is 36.8 Å². The molecule has 0 saturated heterocycles. The third-order valence-electron chi connectivity index (χ3n) is 2.29. The van der Waals surface area contributed by atoms with Crippen LogP contribution >= 0.6 is 31.9 Å². The summed E-state index contributed by atoms with van der Waals surface area (Å²) in [5, 5.41) is 2.02. The predicted molar refractivity (Wildman–Crippen MR) is 81.3 cm³/mol. The van der Waals surface area contributed by atoms with Crippen LogP contribution in [0.15, 0.2) is 18.3 Å². The van der Waals surface area contributed by atoms with E-state index in [9.17, 15) is 0 Å². The Kier molecular flexibility index (Phi) is 9.30. The molecule has 0 spiro atoms. The van der Waals surface area contributed by atoms with Gasteiger partial charge >= 0.3 is 0 Å². The molecule has 0 fully saturated rings. The molecule has 0 N–H and O–H groups in total. The van der Waals surface area contributed by atoms with Crippen LogP contribution in [0.4, 0.5) is 0 Å². The second kappa shape index (κ2) is 10.6. The molecular formula is C13H19Br2NO2. The summed E-state index contributed by atoms with van der Waals surface area (Å²) in [6.45, 7) is 1.38. The monoisotopic (exact) mass is 379 g/mol. The van der Waals surface area contributed by atoms with Crippen molar-refractivity contribution in [2.75, 3.05) is 23.9 Å². The maximum Gasteiger partial charge on any atom is 0.256 e. The minimum absolute atomic E-state index is 0.603. The van der Waals surface area contributed by atoms with Gasteiger partial charge in [-0.15, -0.1) is 0 Å². The van der Waals surface area contributed by atoms with Gasteiger partial charge in [-0.25, -0.2) is 4.98 Å². The van der Waals surface area contributed by atoms with Crippen molar-refractivity contribution in [1.29, 1.82) is 0 Å². The Labute approximate surface area is 126 Å². The van der Waals surface area contributed by atoms with E-state index in [-0.39, 0.29) is 0 Å². The first-order chi connectivity index (χ1) is 8.88. The van der Waals surface area contributed by atoms with Gasteiger partial charge in [0.25, 0.3) is 5.88 Å². The molecule has 1 aromatic rings. The Morgan fingerprint density at radius 3 is 2.28 bits per heavy atom. The van der Waals surface area contributed by atoms with Gasteiger partial charge in [-0.2, -0.15) is 0 Å². The summed E-state index contributed by atoms with van der Waals surface area (Å²) in [5.74, 6) is 1.34. The first-order valence-electron chi connectivity index (χ1n) is 6.21. The number of hydrogen-bond acceptors (Lipinski definition) is 3. The molecule has 0 aliphatic rings. The van der Waals surface area contributed by atoms with E-state index in [0.717, 1.165) is 42.1 Å². The molecule has 0 aliphatic heterocycles. The average Bonchev–Trinajstić information content (AvgIpc) is 2.41. The fourth-order valence-corrected chi connectivity index (χ4v) is 2.13. The molecule has 1 aromatic heterocycles. The van der Waals surface area contributed by atoms with Gasteiger partial charge in [0.2, 0.25) is 0 Å². The van der Waals surface area contributed by atoms with Crippen molar-refractivity contribution in [2.24, 2.45) is 0 Å². The molecule has 0 aromatic carbocycles. The van der Waals surface area contributed by atoms with E-state index in [1.807, 2.05) is 12.1 Å². The van der Waals surface area contributed by atoms with Crippen LogP contribution < -0.4 is 9.47 Å². The number of hydrogen-bond donors (Lipinski definition) is 0. The van der Waals surface area contributed by atoms with Crippen molar-refractivity contribution >= 4 is 31.9 Å². The standard InChI is InChI=1S/C13H19Br2NO2/c14-7-1-3-10-17-12-6-5-9-16-13(12)18-11-4-2-8-15/h5-6,9H,1-4,7-8,10-11H2. The topological polar surface area (TPSA) is 31.4 Å². The van der Waals surface area contributed by atoms with Gasteiger partial charge in [-0.05, 0) is 37.8 Å². The van der Waals surface area contributed by atoms with Gasteiger partial charge in [0, 0.05) is 16.9 Å². The summed E-state index contributed by atoms with van der Waals surface area (Å²) in [6.07, 6.45) is 6.00. The Bertz CT molecular complexity index is 293. The summed E-state index contributed by atoms with van der Waals surface area (Å²) >= 11 is 6.80. The number of alkyl halides is 2. The lowest BCUT2D eigenvalue weighted by atomic mass is 10.3. The molecule has 0 aliphatic carbocycles. The van der Waals surface area contributed by atoms with Crippen LogP contribution in [0.3, 0.4) is 0 Å². The SMILES string of the molecule is BrCCCCOc1cccnc1OCCCCBr. The minimum Gasteiger partial charge on any atom is -0.488 e. The van der Waals surface area contributed by atoms with Gasteiger partial charge in [0.05, 0.1) is 13.2 Å². The van der Waals surface area contributed by atoms with Crippen molar-refractivity contribution in [3.8, 4) is 11.6 Å². The fourth-order valence-electron chi connectivity index (χ4n) is 1.34. The van der Waals surface area contributed by atoms with Gasteiger partial charge < -0.3 is 9.47 Å². The Hall–Kier alpha value is -0.290. The second-order valence-electron chi connectivity index (χ2n) is 3.80. The molecule has 1 heterocycles. The van der Waals surface area contributed by atoms with Crippen LogP contribution in [0, 0.1) is 0 Å². The molecule has 0 radical (unpaired) electrons. The molecule has 102 valence electrons. The number of halogens is 2. The number of aromatic nitrogens is 1. The molecule has 0 atom stereocenters. The third-order valence-corrected chi connectivity index (χ3v) is 3.41. The molecule has 0 unspecified atom stereocenters. The quantitative estimate of drug-likeness (QED) is 0.450. The first kappa shape index (κ1) is 15.8. The lowest BCUT2D eigenvalue weighted by Crippen LogP contribution is -2.04. The van der Waals surface area contributed by atoms with E-state index in [4.69, 9.17) is 9.47 Å². The minimum atomic E-state index is 0.603. The average molecular weight is 381 g/mol. The van der Waals surface area contributed by atoms with Crippen molar-refractivity contribution in [1.82, 2.24) is 4.98 Å². The van der Waals surface area contributed by atoms with Gasteiger partial charge in [-0.3, -0.25) is 0 Å². The van der Waals surface area contributed by atoms with Crippen LogP contribution in [0.2, 0.25) is 0 Å². The lowest BCUT2D eigenvalue weighted by Gasteiger charge is -2.11. The smallest absolute Gasteiger partial charge is 0.256 e. The number of ether oxygens (including phenoxy) is 2. The van der Waals surface area contributed by atoms with Crippen LogP contribution in [0.25, 0.3) is 0 Å². The third kappa shape index (κ3) is 6.59. The summed E-state index contributed by atoms with van der Waals surface area (Å²) in [6, 6.07) is 3.77. The van der Waals surface area contributed by atoms with E-state index >= 15 is 0 Å². The number of nitrogens with zero attached hydrogens (tertiary/aromatic N) is 1. The highest BCUT2D eigenvalue weighted by Gasteiger charge is 2.05. The highest BCUT2D eigenvalue weighted by Crippen LogP contribution is 2.23. The van der Waals surface area contributed by atoms with Gasteiger partial charge in [0.1, 0.15) is 0 Å². The Morgan fingerprint density at radius 2 is 1.61 bits per heavy atom. The van der Waals surface area contributed by atoms with E-state index in [0.29, 0.717) is 19.1 Å². The maximum atomic E-state index is 5.68. The molecule has 0 amide bonds. The normalized spacial score (nSPS) is 10.3. The predicted octanol–water partition coefficient (Wildman–Crippen LogP) is 4.19. The summed E-state index contributed by atoms with van der Waals surface area (Å²) in [4.78, 5) is 4.21. The van der Waals surface area contributed by atoms with Crippen molar-refractivity contribution in [2.45, 2.75) is 25.7 Å². The van der Waals surface area contributed by atoms with E-state index < -0.39 is 0 Å². The van der Waals surface area contributed by atoms with E-state index in [1.54, 1.807) is 6.20 Å². The van der Waals surface area contributed by atoms with Gasteiger partial charge in [-0.1, -0.05) is 31.9 Å². The van der Waals surface area contributed by atoms with E-state index in [1.165, 1.54) is 0 Å². The molecule has 1 rings (SSSR count). The summed E-state index contributed by atoms with van der Waals surface area (Å²) in [5.41, 5.74) is 0.